The van der Waals surface area contributed by atoms with Crippen LogP contribution in [0.4, 0.5) is 4.79 Å². The number of rotatable bonds is 3. The standard InChI is InChI=1S/C10H19N3O2/c1-10(2,3)8(14)11-4-6-13-7-5-12-9(13)15/h4-7H2,1-3H3,(H,11,14)(H,12,15). The van der Waals surface area contributed by atoms with E-state index in [9.17, 15) is 9.59 Å². The molecule has 1 rings (SSSR count). The third kappa shape index (κ3) is 3.42. The maximum absolute atomic E-state index is 11.5. The lowest BCUT2D eigenvalue weighted by Gasteiger charge is -2.19. The molecule has 0 aromatic heterocycles. The predicted molar refractivity (Wildman–Crippen MR) is 57.4 cm³/mol. The zero-order valence-corrected chi connectivity index (χ0v) is 9.59. The molecule has 0 atom stereocenters. The Kier molecular flexibility index (Phi) is 3.55. The number of nitrogens with zero attached hydrogens (tertiary/aromatic N) is 1. The summed E-state index contributed by atoms with van der Waals surface area (Å²) >= 11 is 0. The van der Waals surface area contributed by atoms with Crippen molar-refractivity contribution < 1.29 is 9.59 Å². The van der Waals surface area contributed by atoms with Gasteiger partial charge in [0.25, 0.3) is 0 Å². The highest BCUT2D eigenvalue weighted by atomic mass is 16.2. The molecule has 86 valence electrons. The molecule has 1 aliphatic rings. The number of hydrogen-bond donors (Lipinski definition) is 2. The molecule has 0 aromatic carbocycles. The van der Waals surface area contributed by atoms with E-state index in [-0.39, 0.29) is 17.4 Å². The minimum absolute atomic E-state index is 0.0158. The fourth-order valence-corrected chi connectivity index (χ4v) is 1.29. The van der Waals surface area contributed by atoms with Crippen molar-refractivity contribution in [3.63, 3.8) is 0 Å². The zero-order valence-electron chi connectivity index (χ0n) is 9.59. The van der Waals surface area contributed by atoms with E-state index in [0.29, 0.717) is 19.6 Å². The Labute approximate surface area is 90.2 Å². The van der Waals surface area contributed by atoms with E-state index in [1.165, 1.54) is 0 Å². The number of hydrogen-bond acceptors (Lipinski definition) is 2. The molecule has 1 fully saturated rings. The lowest BCUT2D eigenvalue weighted by atomic mass is 9.96. The molecule has 5 heteroatoms. The van der Waals surface area contributed by atoms with Crippen LogP contribution in [0.3, 0.4) is 0 Å². The van der Waals surface area contributed by atoms with E-state index in [0.717, 1.165) is 6.54 Å². The third-order valence-corrected chi connectivity index (χ3v) is 2.29. The summed E-state index contributed by atoms with van der Waals surface area (Å²) in [5.41, 5.74) is -0.368. The van der Waals surface area contributed by atoms with Gasteiger partial charge in [0.05, 0.1) is 0 Å². The van der Waals surface area contributed by atoms with Gasteiger partial charge in [-0.3, -0.25) is 4.79 Å². The van der Waals surface area contributed by atoms with E-state index in [1.54, 1.807) is 4.90 Å². The summed E-state index contributed by atoms with van der Waals surface area (Å²) in [6.07, 6.45) is 0. The molecule has 15 heavy (non-hydrogen) atoms. The number of nitrogens with one attached hydrogen (secondary N) is 2. The van der Waals surface area contributed by atoms with Gasteiger partial charge in [-0.05, 0) is 0 Å². The number of urea groups is 1. The molecule has 0 radical (unpaired) electrons. The van der Waals surface area contributed by atoms with E-state index in [2.05, 4.69) is 10.6 Å². The maximum atomic E-state index is 11.5. The molecule has 0 bridgehead atoms. The van der Waals surface area contributed by atoms with Gasteiger partial charge in [0.2, 0.25) is 5.91 Å². The smallest absolute Gasteiger partial charge is 0.317 e. The SMILES string of the molecule is CC(C)(C)C(=O)NCCN1CCNC1=O. The normalized spacial score (nSPS) is 16.5. The summed E-state index contributed by atoms with van der Waals surface area (Å²) in [4.78, 5) is 24.3. The van der Waals surface area contributed by atoms with Crippen LogP contribution in [-0.2, 0) is 4.79 Å². The predicted octanol–water partition coefficient (Wildman–Crippen LogP) is 0.174. The van der Waals surface area contributed by atoms with Gasteiger partial charge in [-0.2, -0.15) is 0 Å². The van der Waals surface area contributed by atoms with E-state index in [4.69, 9.17) is 0 Å². The molecule has 5 nitrogen and oxygen atoms in total. The molecule has 1 aliphatic heterocycles. The van der Waals surface area contributed by atoms with E-state index in [1.807, 2.05) is 20.8 Å². The third-order valence-electron chi connectivity index (χ3n) is 2.29. The average molecular weight is 213 g/mol. The topological polar surface area (TPSA) is 61.4 Å². The summed E-state index contributed by atoms with van der Waals surface area (Å²) in [7, 11) is 0. The molecule has 0 aromatic rings. The summed E-state index contributed by atoms with van der Waals surface area (Å²) in [6.45, 7) is 8.12. The van der Waals surface area contributed by atoms with Crippen LogP contribution in [0.2, 0.25) is 0 Å². The van der Waals surface area contributed by atoms with Gasteiger partial charge in [-0.15, -0.1) is 0 Å². The van der Waals surface area contributed by atoms with Crippen LogP contribution in [0.5, 0.6) is 0 Å². The molecule has 0 spiro atoms. The van der Waals surface area contributed by atoms with Crippen LogP contribution < -0.4 is 10.6 Å². The van der Waals surface area contributed by atoms with Gasteiger partial charge < -0.3 is 15.5 Å². The first-order valence-electron chi connectivity index (χ1n) is 5.22. The molecule has 1 saturated heterocycles. The van der Waals surface area contributed by atoms with Crippen molar-refractivity contribution in [3.8, 4) is 0 Å². The second-order valence-corrected chi connectivity index (χ2v) is 4.72. The monoisotopic (exact) mass is 213 g/mol. The van der Waals surface area contributed by atoms with Crippen LogP contribution in [0.25, 0.3) is 0 Å². The van der Waals surface area contributed by atoms with Crippen molar-refractivity contribution in [2.24, 2.45) is 5.41 Å². The Morgan fingerprint density at radius 1 is 1.53 bits per heavy atom. The molecule has 0 aliphatic carbocycles. The quantitative estimate of drug-likeness (QED) is 0.702. The Hall–Kier alpha value is -1.26. The second-order valence-electron chi connectivity index (χ2n) is 4.72. The molecule has 0 saturated carbocycles. The first-order chi connectivity index (χ1) is 6.91. The highest BCUT2D eigenvalue weighted by Gasteiger charge is 2.22. The Bertz CT molecular complexity index is 258. The minimum Gasteiger partial charge on any atom is -0.354 e. The van der Waals surface area contributed by atoms with Crippen molar-refractivity contribution >= 4 is 11.9 Å². The van der Waals surface area contributed by atoms with Crippen LogP contribution in [0, 0.1) is 5.41 Å². The summed E-state index contributed by atoms with van der Waals surface area (Å²) in [6, 6.07) is -0.0417. The van der Waals surface area contributed by atoms with Gasteiger partial charge in [0.1, 0.15) is 0 Å². The van der Waals surface area contributed by atoms with Crippen LogP contribution >= 0.6 is 0 Å². The second kappa shape index (κ2) is 4.51. The molecule has 0 unspecified atom stereocenters. The van der Waals surface area contributed by atoms with Gasteiger partial charge in [0, 0.05) is 31.6 Å². The minimum atomic E-state index is -0.368. The zero-order chi connectivity index (χ0) is 11.5. The van der Waals surface area contributed by atoms with Crippen molar-refractivity contribution in [2.45, 2.75) is 20.8 Å². The van der Waals surface area contributed by atoms with E-state index < -0.39 is 0 Å². The number of carbonyl (C=O) groups excluding carboxylic acids is 2. The van der Waals surface area contributed by atoms with Gasteiger partial charge in [0.15, 0.2) is 0 Å². The Morgan fingerprint density at radius 3 is 2.67 bits per heavy atom. The molecular formula is C10H19N3O2. The van der Waals surface area contributed by atoms with Crippen LogP contribution in [0.1, 0.15) is 20.8 Å². The lowest BCUT2D eigenvalue weighted by Crippen LogP contribution is -2.40. The Balaban J connectivity index is 2.22. The average Bonchev–Trinajstić information content (AvgIpc) is 2.50. The maximum Gasteiger partial charge on any atom is 0.317 e. The van der Waals surface area contributed by atoms with Gasteiger partial charge >= 0.3 is 6.03 Å². The highest BCUT2D eigenvalue weighted by molar-refractivity contribution is 5.81. The van der Waals surface area contributed by atoms with Crippen molar-refractivity contribution in [1.82, 2.24) is 15.5 Å². The molecule has 3 amide bonds. The summed E-state index contributed by atoms with van der Waals surface area (Å²) < 4.78 is 0. The Morgan fingerprint density at radius 2 is 2.20 bits per heavy atom. The number of amides is 3. The van der Waals surface area contributed by atoms with Crippen molar-refractivity contribution in [3.05, 3.63) is 0 Å². The molecular weight excluding hydrogens is 194 g/mol. The van der Waals surface area contributed by atoms with Crippen LogP contribution in [-0.4, -0.2) is 43.0 Å². The summed E-state index contributed by atoms with van der Waals surface area (Å²) in [5, 5.41) is 5.52. The fraction of sp³-hybridized carbons (Fsp3) is 0.800. The summed E-state index contributed by atoms with van der Waals surface area (Å²) in [5.74, 6) is 0.0158. The van der Waals surface area contributed by atoms with Gasteiger partial charge in [-0.25, -0.2) is 4.79 Å². The lowest BCUT2D eigenvalue weighted by molar-refractivity contribution is -0.128. The van der Waals surface area contributed by atoms with Gasteiger partial charge in [-0.1, -0.05) is 20.8 Å². The first kappa shape index (κ1) is 11.8. The number of carbonyl (C=O) groups is 2. The molecule has 1 heterocycles. The largest absolute Gasteiger partial charge is 0.354 e. The first-order valence-corrected chi connectivity index (χ1v) is 5.22. The molecule has 2 N–H and O–H groups in total. The van der Waals surface area contributed by atoms with Crippen molar-refractivity contribution in [2.75, 3.05) is 26.2 Å². The highest BCUT2D eigenvalue weighted by Crippen LogP contribution is 2.11. The van der Waals surface area contributed by atoms with E-state index >= 15 is 0 Å². The van der Waals surface area contributed by atoms with Crippen molar-refractivity contribution in [1.29, 1.82) is 0 Å². The fourth-order valence-electron chi connectivity index (χ4n) is 1.29. The van der Waals surface area contributed by atoms with Crippen LogP contribution in [0.15, 0.2) is 0 Å².